The van der Waals surface area contributed by atoms with E-state index in [9.17, 15) is 4.79 Å². The molecule has 0 aromatic heterocycles. The Kier molecular flexibility index (Phi) is 7.13. The Morgan fingerprint density at radius 2 is 1.75 bits per heavy atom. The molecule has 0 saturated heterocycles. The van der Waals surface area contributed by atoms with Gasteiger partial charge in [-0.1, -0.05) is 44.9 Å². The smallest absolute Gasteiger partial charge is 0.322 e. The third-order valence-electron chi connectivity index (χ3n) is 3.67. The number of urea groups is 1. The van der Waals surface area contributed by atoms with Crippen molar-refractivity contribution in [3.05, 3.63) is 29.8 Å². The summed E-state index contributed by atoms with van der Waals surface area (Å²) in [6.45, 7) is 9.17. The van der Waals surface area contributed by atoms with Crippen LogP contribution in [0.2, 0.25) is 0 Å². The molecule has 1 rings (SSSR count). The lowest BCUT2D eigenvalue weighted by Crippen LogP contribution is -2.42. The van der Waals surface area contributed by atoms with Crippen molar-refractivity contribution in [3.63, 3.8) is 0 Å². The topological polar surface area (TPSA) is 32.3 Å². The number of benzene rings is 1. The fourth-order valence-corrected chi connectivity index (χ4v) is 2.59. The molecule has 3 heteroatoms. The van der Waals surface area contributed by atoms with E-state index in [1.807, 2.05) is 36.1 Å². The summed E-state index contributed by atoms with van der Waals surface area (Å²) in [4.78, 5) is 14.5. The van der Waals surface area contributed by atoms with Gasteiger partial charge in [0.2, 0.25) is 0 Å². The Hall–Kier alpha value is -1.51. The summed E-state index contributed by atoms with van der Waals surface area (Å²) >= 11 is 0. The molecular formula is C17H28N2O. The minimum atomic E-state index is 0.0219. The van der Waals surface area contributed by atoms with E-state index in [0.717, 1.165) is 43.5 Å². The number of rotatable bonds is 7. The average molecular weight is 276 g/mol. The molecule has 0 aliphatic heterocycles. The standard InChI is InChI=1S/C17H28N2O/c1-5-10-15(11-6-2)19(7-3)17(20)18-16-13-9-8-12-14(16)4/h8-9,12-13,15H,5-7,10-11H2,1-4H3,(H,18,20). The SMILES string of the molecule is CCCC(CCC)N(CC)C(=O)Nc1ccccc1C. The third kappa shape index (κ3) is 4.55. The van der Waals surface area contributed by atoms with Crippen molar-refractivity contribution in [2.24, 2.45) is 0 Å². The molecule has 0 fully saturated rings. The number of aryl methyl sites for hydroxylation is 1. The van der Waals surface area contributed by atoms with E-state index in [-0.39, 0.29) is 6.03 Å². The highest BCUT2D eigenvalue weighted by Gasteiger charge is 2.21. The Labute approximate surface area is 123 Å². The van der Waals surface area contributed by atoms with Crippen molar-refractivity contribution in [3.8, 4) is 0 Å². The van der Waals surface area contributed by atoms with Crippen LogP contribution in [0.15, 0.2) is 24.3 Å². The molecule has 1 N–H and O–H groups in total. The normalized spacial score (nSPS) is 10.7. The van der Waals surface area contributed by atoms with Gasteiger partial charge in [-0.3, -0.25) is 0 Å². The van der Waals surface area contributed by atoms with Crippen LogP contribution in [0, 0.1) is 6.92 Å². The minimum absolute atomic E-state index is 0.0219. The summed E-state index contributed by atoms with van der Waals surface area (Å²) in [6, 6.07) is 8.28. The summed E-state index contributed by atoms with van der Waals surface area (Å²) in [5, 5.41) is 3.05. The first-order valence-electron chi connectivity index (χ1n) is 7.77. The van der Waals surface area contributed by atoms with Crippen LogP contribution in [0.5, 0.6) is 0 Å². The minimum Gasteiger partial charge on any atom is -0.322 e. The molecule has 0 unspecified atom stereocenters. The van der Waals surface area contributed by atoms with Crippen LogP contribution < -0.4 is 5.32 Å². The lowest BCUT2D eigenvalue weighted by Gasteiger charge is -2.31. The zero-order chi connectivity index (χ0) is 15.0. The Bertz CT molecular complexity index is 411. The van der Waals surface area contributed by atoms with Gasteiger partial charge in [0.25, 0.3) is 0 Å². The molecule has 112 valence electrons. The molecule has 20 heavy (non-hydrogen) atoms. The van der Waals surface area contributed by atoms with E-state index in [0.29, 0.717) is 6.04 Å². The molecule has 0 heterocycles. The van der Waals surface area contributed by atoms with Gasteiger partial charge in [0, 0.05) is 18.3 Å². The second-order valence-corrected chi connectivity index (χ2v) is 5.26. The van der Waals surface area contributed by atoms with Crippen molar-refractivity contribution in [2.75, 3.05) is 11.9 Å². The Balaban J connectivity index is 2.77. The number of nitrogens with zero attached hydrogens (tertiary/aromatic N) is 1. The Morgan fingerprint density at radius 1 is 1.15 bits per heavy atom. The van der Waals surface area contributed by atoms with Crippen LogP contribution in [0.1, 0.15) is 52.0 Å². The van der Waals surface area contributed by atoms with Crippen molar-refractivity contribution >= 4 is 11.7 Å². The molecule has 0 spiro atoms. The fraction of sp³-hybridized carbons (Fsp3) is 0.588. The van der Waals surface area contributed by atoms with E-state index in [1.54, 1.807) is 0 Å². The molecule has 0 saturated carbocycles. The maximum atomic E-state index is 12.5. The number of nitrogens with one attached hydrogen (secondary N) is 1. The molecular weight excluding hydrogens is 248 g/mol. The van der Waals surface area contributed by atoms with Gasteiger partial charge in [0.15, 0.2) is 0 Å². The zero-order valence-electron chi connectivity index (χ0n) is 13.3. The number of carbonyl (C=O) groups excluding carboxylic acids is 1. The van der Waals surface area contributed by atoms with Gasteiger partial charge in [0.1, 0.15) is 0 Å². The van der Waals surface area contributed by atoms with Gasteiger partial charge in [-0.2, -0.15) is 0 Å². The second-order valence-electron chi connectivity index (χ2n) is 5.26. The molecule has 0 aliphatic rings. The maximum absolute atomic E-state index is 12.5. The third-order valence-corrected chi connectivity index (χ3v) is 3.67. The summed E-state index contributed by atoms with van der Waals surface area (Å²) in [6.07, 6.45) is 4.36. The predicted molar refractivity (Wildman–Crippen MR) is 86.2 cm³/mol. The number of anilines is 1. The number of amides is 2. The van der Waals surface area contributed by atoms with Crippen LogP contribution in [0.4, 0.5) is 10.5 Å². The van der Waals surface area contributed by atoms with Crippen molar-refractivity contribution in [2.45, 2.75) is 59.4 Å². The second kappa shape index (κ2) is 8.62. The van der Waals surface area contributed by atoms with Gasteiger partial charge >= 0.3 is 6.03 Å². The van der Waals surface area contributed by atoms with Crippen LogP contribution in [-0.2, 0) is 0 Å². The highest BCUT2D eigenvalue weighted by Crippen LogP contribution is 2.17. The predicted octanol–water partition coefficient (Wildman–Crippen LogP) is 4.82. The first-order valence-corrected chi connectivity index (χ1v) is 7.77. The average Bonchev–Trinajstić information content (AvgIpc) is 2.43. The molecule has 2 amide bonds. The summed E-state index contributed by atoms with van der Waals surface area (Å²) in [5.74, 6) is 0. The van der Waals surface area contributed by atoms with E-state index >= 15 is 0 Å². The van der Waals surface area contributed by atoms with Gasteiger partial charge in [0.05, 0.1) is 0 Å². The van der Waals surface area contributed by atoms with E-state index < -0.39 is 0 Å². The number of para-hydroxylation sites is 1. The quantitative estimate of drug-likeness (QED) is 0.761. The molecule has 0 bridgehead atoms. The Morgan fingerprint density at radius 3 is 2.25 bits per heavy atom. The highest BCUT2D eigenvalue weighted by atomic mass is 16.2. The van der Waals surface area contributed by atoms with Crippen LogP contribution in [-0.4, -0.2) is 23.5 Å². The highest BCUT2D eigenvalue weighted by molar-refractivity contribution is 5.90. The number of carbonyl (C=O) groups is 1. The summed E-state index contributed by atoms with van der Waals surface area (Å²) < 4.78 is 0. The van der Waals surface area contributed by atoms with Crippen LogP contribution in [0.3, 0.4) is 0 Å². The van der Waals surface area contributed by atoms with Gasteiger partial charge in [-0.05, 0) is 38.3 Å². The van der Waals surface area contributed by atoms with Gasteiger partial charge < -0.3 is 10.2 Å². The van der Waals surface area contributed by atoms with Crippen LogP contribution >= 0.6 is 0 Å². The van der Waals surface area contributed by atoms with E-state index in [2.05, 4.69) is 26.1 Å². The van der Waals surface area contributed by atoms with Crippen LogP contribution in [0.25, 0.3) is 0 Å². The van der Waals surface area contributed by atoms with E-state index in [4.69, 9.17) is 0 Å². The maximum Gasteiger partial charge on any atom is 0.322 e. The molecule has 3 nitrogen and oxygen atoms in total. The fourth-order valence-electron chi connectivity index (χ4n) is 2.59. The molecule has 0 radical (unpaired) electrons. The summed E-state index contributed by atoms with van der Waals surface area (Å²) in [7, 11) is 0. The molecule has 1 aromatic carbocycles. The number of hydrogen-bond acceptors (Lipinski definition) is 1. The molecule has 0 atom stereocenters. The van der Waals surface area contributed by atoms with Gasteiger partial charge in [-0.15, -0.1) is 0 Å². The molecule has 1 aromatic rings. The zero-order valence-corrected chi connectivity index (χ0v) is 13.3. The largest absolute Gasteiger partial charge is 0.322 e. The lowest BCUT2D eigenvalue weighted by molar-refractivity contribution is 0.182. The van der Waals surface area contributed by atoms with Crippen molar-refractivity contribution in [1.82, 2.24) is 4.90 Å². The summed E-state index contributed by atoms with van der Waals surface area (Å²) in [5.41, 5.74) is 2.00. The van der Waals surface area contributed by atoms with Gasteiger partial charge in [-0.25, -0.2) is 4.79 Å². The number of hydrogen-bond donors (Lipinski definition) is 1. The monoisotopic (exact) mass is 276 g/mol. The van der Waals surface area contributed by atoms with Crippen molar-refractivity contribution < 1.29 is 4.79 Å². The molecule has 0 aliphatic carbocycles. The van der Waals surface area contributed by atoms with E-state index in [1.165, 1.54) is 0 Å². The van der Waals surface area contributed by atoms with Crippen molar-refractivity contribution in [1.29, 1.82) is 0 Å². The lowest BCUT2D eigenvalue weighted by atomic mass is 10.1. The first-order chi connectivity index (χ1) is 9.63. The first kappa shape index (κ1) is 16.5.